The van der Waals surface area contributed by atoms with Crippen molar-refractivity contribution in [1.82, 2.24) is 10.6 Å². The number of fused-ring (bicyclic) bond motifs is 1. The van der Waals surface area contributed by atoms with Crippen LogP contribution in [0.5, 0.6) is 5.75 Å². The minimum absolute atomic E-state index is 0.0901. The van der Waals surface area contributed by atoms with Gasteiger partial charge in [-0.2, -0.15) is 13.2 Å². The number of nitrogens with one attached hydrogen (secondary N) is 2. The predicted octanol–water partition coefficient (Wildman–Crippen LogP) is 4.79. The second kappa shape index (κ2) is 9.53. The molecule has 0 radical (unpaired) electrons. The SMILES string of the molecule is CCOc1cccc2cc(C(C)NC(=NC)NCCCCC(F)(F)F)oc12. The lowest BCUT2D eigenvalue weighted by Crippen LogP contribution is -2.39. The van der Waals surface area contributed by atoms with E-state index in [0.717, 1.165) is 11.1 Å². The number of unbranched alkanes of at least 4 members (excludes halogenated alkanes) is 1. The van der Waals surface area contributed by atoms with Crippen molar-refractivity contribution in [2.75, 3.05) is 20.2 Å². The van der Waals surface area contributed by atoms with Gasteiger partial charge in [0.1, 0.15) is 5.76 Å². The summed E-state index contributed by atoms with van der Waals surface area (Å²) in [5, 5.41) is 7.16. The zero-order valence-corrected chi connectivity index (χ0v) is 15.8. The van der Waals surface area contributed by atoms with E-state index in [9.17, 15) is 13.2 Å². The summed E-state index contributed by atoms with van der Waals surface area (Å²) in [6.07, 6.45) is -4.36. The third kappa shape index (κ3) is 6.37. The molecule has 0 fully saturated rings. The minimum Gasteiger partial charge on any atom is -0.490 e. The van der Waals surface area contributed by atoms with Gasteiger partial charge in [0, 0.05) is 25.4 Å². The summed E-state index contributed by atoms with van der Waals surface area (Å²) in [6.45, 7) is 4.80. The molecule has 2 N–H and O–H groups in total. The molecule has 1 aromatic heterocycles. The summed E-state index contributed by atoms with van der Waals surface area (Å²) in [5.41, 5.74) is 0.693. The maximum Gasteiger partial charge on any atom is 0.389 e. The molecule has 0 aliphatic carbocycles. The van der Waals surface area contributed by atoms with Crippen molar-refractivity contribution < 1.29 is 22.3 Å². The number of hydrogen-bond acceptors (Lipinski definition) is 3. The number of hydrogen-bond donors (Lipinski definition) is 2. The first-order valence-electron chi connectivity index (χ1n) is 9.03. The second-order valence-corrected chi connectivity index (χ2v) is 6.19. The van der Waals surface area contributed by atoms with Crippen LogP contribution in [0.25, 0.3) is 11.0 Å². The van der Waals surface area contributed by atoms with E-state index in [1.54, 1.807) is 7.05 Å². The molecule has 2 aromatic rings. The molecule has 0 aliphatic heterocycles. The van der Waals surface area contributed by atoms with E-state index < -0.39 is 12.6 Å². The van der Waals surface area contributed by atoms with Crippen LogP contribution >= 0.6 is 0 Å². The lowest BCUT2D eigenvalue weighted by molar-refractivity contribution is -0.135. The number of guanidine groups is 1. The number of benzene rings is 1. The van der Waals surface area contributed by atoms with E-state index in [1.165, 1.54) is 0 Å². The van der Waals surface area contributed by atoms with Crippen molar-refractivity contribution in [3.05, 3.63) is 30.0 Å². The molecule has 8 heteroatoms. The van der Waals surface area contributed by atoms with Gasteiger partial charge in [-0.05, 0) is 38.8 Å². The van der Waals surface area contributed by atoms with E-state index in [-0.39, 0.29) is 12.5 Å². The Balaban J connectivity index is 1.92. The van der Waals surface area contributed by atoms with Crippen LogP contribution in [0, 0.1) is 0 Å². The summed E-state index contributed by atoms with van der Waals surface area (Å²) < 4.78 is 48.0. The molecule has 150 valence electrons. The summed E-state index contributed by atoms with van der Waals surface area (Å²) in [6, 6.07) is 7.48. The molecule has 0 bridgehead atoms. The normalized spacial score (nSPS) is 13.6. The van der Waals surface area contributed by atoms with Gasteiger partial charge in [-0.3, -0.25) is 4.99 Å². The van der Waals surface area contributed by atoms with Gasteiger partial charge in [-0.15, -0.1) is 0 Å². The largest absolute Gasteiger partial charge is 0.490 e. The van der Waals surface area contributed by atoms with Crippen LogP contribution < -0.4 is 15.4 Å². The van der Waals surface area contributed by atoms with Crippen molar-refractivity contribution in [1.29, 1.82) is 0 Å². The van der Waals surface area contributed by atoms with Crippen LogP contribution in [0.2, 0.25) is 0 Å². The zero-order chi connectivity index (χ0) is 19.9. The highest BCUT2D eigenvalue weighted by molar-refractivity contribution is 5.84. The Labute approximate surface area is 157 Å². The minimum atomic E-state index is -4.10. The summed E-state index contributed by atoms with van der Waals surface area (Å²) in [5.74, 6) is 1.93. The van der Waals surface area contributed by atoms with E-state index in [2.05, 4.69) is 15.6 Å². The molecule has 1 unspecified atom stereocenters. The zero-order valence-electron chi connectivity index (χ0n) is 15.8. The van der Waals surface area contributed by atoms with E-state index >= 15 is 0 Å². The van der Waals surface area contributed by atoms with Gasteiger partial charge >= 0.3 is 6.18 Å². The van der Waals surface area contributed by atoms with Crippen LogP contribution in [0.15, 0.2) is 33.7 Å². The van der Waals surface area contributed by atoms with Gasteiger partial charge in [0.2, 0.25) is 0 Å². The lowest BCUT2D eigenvalue weighted by Gasteiger charge is -2.16. The van der Waals surface area contributed by atoms with Gasteiger partial charge in [-0.1, -0.05) is 12.1 Å². The molecule has 5 nitrogen and oxygen atoms in total. The highest BCUT2D eigenvalue weighted by atomic mass is 19.4. The summed E-state index contributed by atoms with van der Waals surface area (Å²) >= 11 is 0. The first-order valence-corrected chi connectivity index (χ1v) is 9.03. The molecule has 1 atom stereocenters. The van der Waals surface area contributed by atoms with Gasteiger partial charge in [0.05, 0.1) is 12.6 Å². The average molecular weight is 385 g/mol. The molecule has 0 spiro atoms. The maximum atomic E-state index is 12.2. The number of ether oxygens (including phenoxy) is 1. The first kappa shape index (κ1) is 20.9. The number of aliphatic imine (C=N–C) groups is 1. The van der Waals surface area contributed by atoms with Crippen molar-refractivity contribution in [3.8, 4) is 5.75 Å². The predicted molar refractivity (Wildman–Crippen MR) is 100 cm³/mol. The molecule has 0 saturated carbocycles. The van der Waals surface area contributed by atoms with Crippen molar-refractivity contribution in [2.45, 2.75) is 45.3 Å². The summed E-state index contributed by atoms with van der Waals surface area (Å²) in [4.78, 5) is 4.11. The first-order chi connectivity index (χ1) is 12.8. The van der Waals surface area contributed by atoms with Gasteiger partial charge < -0.3 is 19.8 Å². The maximum absolute atomic E-state index is 12.2. The highest BCUT2D eigenvalue weighted by Crippen LogP contribution is 2.31. The number of halogens is 3. The molecule has 1 aromatic carbocycles. The standard InChI is InChI=1S/C19H26F3N3O2/c1-4-26-15-9-7-8-14-12-16(27-17(14)15)13(2)25-18(23-3)24-11-6-5-10-19(20,21)22/h7-9,12-13H,4-6,10-11H2,1-3H3,(H2,23,24,25). The second-order valence-electron chi connectivity index (χ2n) is 6.19. The highest BCUT2D eigenvalue weighted by Gasteiger charge is 2.25. The third-order valence-electron chi connectivity index (χ3n) is 4.01. The molecular weight excluding hydrogens is 359 g/mol. The molecule has 0 saturated heterocycles. The van der Waals surface area contributed by atoms with E-state index in [4.69, 9.17) is 9.15 Å². The van der Waals surface area contributed by atoms with Crippen molar-refractivity contribution in [3.63, 3.8) is 0 Å². The van der Waals surface area contributed by atoms with Gasteiger partial charge in [0.25, 0.3) is 0 Å². The van der Waals surface area contributed by atoms with Gasteiger partial charge in [0.15, 0.2) is 17.3 Å². The number of furan rings is 1. The van der Waals surface area contributed by atoms with Crippen molar-refractivity contribution in [2.24, 2.45) is 4.99 Å². The average Bonchev–Trinajstić information content (AvgIpc) is 3.05. The fourth-order valence-electron chi connectivity index (χ4n) is 2.67. The Morgan fingerprint density at radius 3 is 2.74 bits per heavy atom. The molecule has 1 heterocycles. The third-order valence-corrected chi connectivity index (χ3v) is 4.01. The number of para-hydroxylation sites is 1. The number of rotatable bonds is 8. The van der Waals surface area contributed by atoms with Crippen molar-refractivity contribution >= 4 is 16.9 Å². The fraction of sp³-hybridized carbons (Fsp3) is 0.526. The van der Waals surface area contributed by atoms with E-state index in [1.807, 2.05) is 38.1 Å². The monoisotopic (exact) mass is 385 g/mol. The number of nitrogens with zero attached hydrogens (tertiary/aromatic N) is 1. The van der Waals surface area contributed by atoms with Crippen LogP contribution in [-0.4, -0.2) is 32.3 Å². The Hall–Kier alpha value is -2.38. The Morgan fingerprint density at radius 1 is 1.30 bits per heavy atom. The smallest absolute Gasteiger partial charge is 0.389 e. The molecular formula is C19H26F3N3O2. The Bertz CT molecular complexity index is 756. The Kier molecular flexibility index (Phi) is 7.38. The van der Waals surface area contributed by atoms with Crippen LogP contribution in [-0.2, 0) is 0 Å². The molecule has 0 aliphatic rings. The van der Waals surface area contributed by atoms with E-state index in [0.29, 0.717) is 36.9 Å². The summed E-state index contributed by atoms with van der Waals surface area (Å²) in [7, 11) is 1.61. The molecule has 27 heavy (non-hydrogen) atoms. The molecule has 2 rings (SSSR count). The van der Waals surface area contributed by atoms with Crippen LogP contribution in [0.1, 0.15) is 44.9 Å². The Morgan fingerprint density at radius 2 is 2.07 bits per heavy atom. The quantitative estimate of drug-likeness (QED) is 0.390. The fourth-order valence-corrected chi connectivity index (χ4v) is 2.67. The van der Waals surface area contributed by atoms with Crippen LogP contribution in [0.4, 0.5) is 13.2 Å². The lowest BCUT2D eigenvalue weighted by atomic mass is 10.2. The van der Waals surface area contributed by atoms with Crippen LogP contribution in [0.3, 0.4) is 0 Å². The molecule has 0 amide bonds. The van der Waals surface area contributed by atoms with Gasteiger partial charge in [-0.25, -0.2) is 0 Å². The number of alkyl halides is 3. The topological polar surface area (TPSA) is 58.8 Å².